The molecular formula is C16H19N5. The molecule has 1 aromatic heterocycles. The van der Waals surface area contributed by atoms with Crippen molar-refractivity contribution in [3.05, 3.63) is 41.7 Å². The molecule has 1 aromatic carbocycles. The summed E-state index contributed by atoms with van der Waals surface area (Å²) in [5.74, 6) is 1.66. The number of nitrogens with one attached hydrogen (secondary N) is 2. The molecule has 1 heterocycles. The second-order valence-electron chi connectivity index (χ2n) is 4.65. The van der Waals surface area contributed by atoms with E-state index in [1.807, 2.05) is 25.1 Å². The van der Waals surface area contributed by atoms with Crippen LogP contribution in [0, 0.1) is 11.3 Å². The van der Waals surface area contributed by atoms with Gasteiger partial charge in [0.1, 0.15) is 18.0 Å². The van der Waals surface area contributed by atoms with Crippen LogP contribution in [-0.4, -0.2) is 16.5 Å². The van der Waals surface area contributed by atoms with E-state index >= 15 is 0 Å². The van der Waals surface area contributed by atoms with Crippen LogP contribution in [0.25, 0.3) is 0 Å². The number of nitriles is 1. The summed E-state index contributed by atoms with van der Waals surface area (Å²) in [6.07, 6.45) is 3.45. The van der Waals surface area contributed by atoms with Crippen LogP contribution >= 0.6 is 0 Å². The van der Waals surface area contributed by atoms with Crippen molar-refractivity contribution in [2.45, 2.75) is 26.7 Å². The van der Waals surface area contributed by atoms with E-state index in [2.05, 4.69) is 33.6 Å². The van der Waals surface area contributed by atoms with Gasteiger partial charge in [-0.15, -0.1) is 0 Å². The lowest BCUT2D eigenvalue weighted by Crippen LogP contribution is -2.08. The van der Waals surface area contributed by atoms with Crippen molar-refractivity contribution in [1.82, 2.24) is 9.97 Å². The molecule has 0 aliphatic rings. The third kappa shape index (κ3) is 3.69. The highest BCUT2D eigenvalue weighted by Gasteiger charge is 2.10. The van der Waals surface area contributed by atoms with E-state index in [0.717, 1.165) is 42.3 Å². The predicted octanol–water partition coefficient (Wildman–Crippen LogP) is 3.48. The maximum atomic E-state index is 8.97. The van der Waals surface area contributed by atoms with Crippen molar-refractivity contribution in [3.8, 4) is 6.07 Å². The SMILES string of the molecule is CCCc1c(NCC)ncnc1Nc1cccc(C#N)c1. The van der Waals surface area contributed by atoms with E-state index < -0.39 is 0 Å². The maximum Gasteiger partial charge on any atom is 0.139 e. The number of anilines is 3. The summed E-state index contributed by atoms with van der Waals surface area (Å²) >= 11 is 0. The molecule has 5 nitrogen and oxygen atoms in total. The Morgan fingerprint density at radius 3 is 2.71 bits per heavy atom. The number of aromatic nitrogens is 2. The van der Waals surface area contributed by atoms with Crippen LogP contribution < -0.4 is 10.6 Å². The Hall–Kier alpha value is -2.61. The number of benzene rings is 1. The van der Waals surface area contributed by atoms with Crippen LogP contribution in [0.4, 0.5) is 17.3 Å². The second-order valence-corrected chi connectivity index (χ2v) is 4.65. The van der Waals surface area contributed by atoms with Crippen molar-refractivity contribution in [2.24, 2.45) is 0 Å². The zero-order valence-electron chi connectivity index (χ0n) is 12.3. The molecule has 2 rings (SSSR count). The Kier molecular flexibility index (Phi) is 5.10. The highest BCUT2D eigenvalue weighted by atomic mass is 15.1. The molecular weight excluding hydrogens is 262 g/mol. The second kappa shape index (κ2) is 7.25. The van der Waals surface area contributed by atoms with Gasteiger partial charge in [-0.1, -0.05) is 19.4 Å². The molecule has 0 amide bonds. The molecule has 0 saturated carbocycles. The maximum absolute atomic E-state index is 8.97. The molecule has 2 N–H and O–H groups in total. The van der Waals surface area contributed by atoms with Crippen LogP contribution in [-0.2, 0) is 6.42 Å². The van der Waals surface area contributed by atoms with E-state index in [9.17, 15) is 0 Å². The van der Waals surface area contributed by atoms with E-state index in [1.54, 1.807) is 12.4 Å². The summed E-state index contributed by atoms with van der Waals surface area (Å²) in [7, 11) is 0. The average Bonchev–Trinajstić information content (AvgIpc) is 2.51. The van der Waals surface area contributed by atoms with Gasteiger partial charge in [0.05, 0.1) is 11.6 Å². The number of rotatable bonds is 6. The van der Waals surface area contributed by atoms with Crippen LogP contribution in [0.15, 0.2) is 30.6 Å². The Bertz CT molecular complexity index is 645. The van der Waals surface area contributed by atoms with Gasteiger partial charge in [-0.05, 0) is 31.5 Å². The zero-order valence-corrected chi connectivity index (χ0v) is 12.3. The van der Waals surface area contributed by atoms with Gasteiger partial charge in [0.25, 0.3) is 0 Å². The molecule has 108 valence electrons. The lowest BCUT2D eigenvalue weighted by atomic mass is 10.1. The summed E-state index contributed by atoms with van der Waals surface area (Å²) in [5, 5.41) is 15.5. The summed E-state index contributed by atoms with van der Waals surface area (Å²) < 4.78 is 0. The molecule has 0 aliphatic carbocycles. The summed E-state index contributed by atoms with van der Waals surface area (Å²) in [5.41, 5.74) is 2.55. The zero-order chi connectivity index (χ0) is 15.1. The van der Waals surface area contributed by atoms with Gasteiger partial charge >= 0.3 is 0 Å². The third-order valence-electron chi connectivity index (χ3n) is 3.04. The minimum Gasteiger partial charge on any atom is -0.370 e. The summed E-state index contributed by atoms with van der Waals surface area (Å²) in [4.78, 5) is 8.65. The van der Waals surface area contributed by atoms with Gasteiger partial charge in [-0.2, -0.15) is 5.26 Å². The van der Waals surface area contributed by atoms with Crippen molar-refractivity contribution in [1.29, 1.82) is 5.26 Å². The number of hydrogen-bond donors (Lipinski definition) is 2. The van der Waals surface area contributed by atoms with Crippen LogP contribution in [0.5, 0.6) is 0 Å². The number of hydrogen-bond acceptors (Lipinski definition) is 5. The molecule has 0 unspecified atom stereocenters. The van der Waals surface area contributed by atoms with E-state index in [1.165, 1.54) is 0 Å². The van der Waals surface area contributed by atoms with Gasteiger partial charge < -0.3 is 10.6 Å². The molecule has 5 heteroatoms. The van der Waals surface area contributed by atoms with Gasteiger partial charge in [0.2, 0.25) is 0 Å². The first-order valence-electron chi connectivity index (χ1n) is 7.13. The van der Waals surface area contributed by atoms with Crippen LogP contribution in [0.3, 0.4) is 0 Å². The first-order chi connectivity index (χ1) is 10.3. The molecule has 0 atom stereocenters. The van der Waals surface area contributed by atoms with Gasteiger partial charge in [0.15, 0.2) is 0 Å². The Morgan fingerprint density at radius 1 is 1.19 bits per heavy atom. The smallest absolute Gasteiger partial charge is 0.139 e. The molecule has 21 heavy (non-hydrogen) atoms. The molecule has 0 saturated heterocycles. The minimum absolute atomic E-state index is 0.623. The van der Waals surface area contributed by atoms with E-state index in [4.69, 9.17) is 5.26 Å². The first-order valence-corrected chi connectivity index (χ1v) is 7.13. The fraction of sp³-hybridized carbons (Fsp3) is 0.312. The fourth-order valence-electron chi connectivity index (χ4n) is 2.13. The van der Waals surface area contributed by atoms with Crippen molar-refractivity contribution in [3.63, 3.8) is 0 Å². The first kappa shape index (κ1) is 14.8. The Morgan fingerprint density at radius 2 is 2.00 bits per heavy atom. The summed E-state index contributed by atoms with van der Waals surface area (Å²) in [6, 6.07) is 9.51. The Labute approximate surface area is 125 Å². The highest BCUT2D eigenvalue weighted by molar-refractivity contribution is 5.65. The molecule has 0 bridgehead atoms. The van der Waals surface area contributed by atoms with Crippen molar-refractivity contribution < 1.29 is 0 Å². The standard InChI is InChI=1S/C16H19N5/c1-3-6-14-15(18-4-2)19-11-20-16(14)21-13-8-5-7-12(9-13)10-17/h5,7-9,11H,3-4,6H2,1-2H3,(H2,18,19,20,21). The van der Waals surface area contributed by atoms with Crippen LogP contribution in [0.1, 0.15) is 31.4 Å². The van der Waals surface area contributed by atoms with Gasteiger partial charge in [0, 0.05) is 17.8 Å². The Balaban J connectivity index is 2.34. The largest absolute Gasteiger partial charge is 0.370 e. The third-order valence-corrected chi connectivity index (χ3v) is 3.04. The molecule has 0 fully saturated rings. The minimum atomic E-state index is 0.623. The van der Waals surface area contributed by atoms with Gasteiger partial charge in [-0.3, -0.25) is 0 Å². The molecule has 0 spiro atoms. The highest BCUT2D eigenvalue weighted by Crippen LogP contribution is 2.25. The molecule has 0 aliphatic heterocycles. The van der Waals surface area contributed by atoms with Gasteiger partial charge in [-0.25, -0.2) is 9.97 Å². The van der Waals surface area contributed by atoms with Crippen LogP contribution in [0.2, 0.25) is 0 Å². The normalized spacial score (nSPS) is 9.95. The van der Waals surface area contributed by atoms with E-state index in [-0.39, 0.29) is 0 Å². The van der Waals surface area contributed by atoms with Crippen molar-refractivity contribution in [2.75, 3.05) is 17.2 Å². The fourth-order valence-corrected chi connectivity index (χ4v) is 2.13. The molecule has 2 aromatic rings. The lowest BCUT2D eigenvalue weighted by Gasteiger charge is -2.14. The van der Waals surface area contributed by atoms with E-state index in [0.29, 0.717) is 5.56 Å². The van der Waals surface area contributed by atoms with Crippen molar-refractivity contribution >= 4 is 17.3 Å². The monoisotopic (exact) mass is 281 g/mol. The average molecular weight is 281 g/mol. The molecule has 0 radical (unpaired) electrons. The summed E-state index contributed by atoms with van der Waals surface area (Å²) in [6.45, 7) is 4.99. The number of nitrogens with zero attached hydrogens (tertiary/aromatic N) is 3. The topological polar surface area (TPSA) is 73.6 Å². The predicted molar refractivity (Wildman–Crippen MR) is 84.6 cm³/mol. The lowest BCUT2D eigenvalue weighted by molar-refractivity contribution is 0.902. The quantitative estimate of drug-likeness (QED) is 0.848.